The first-order chi connectivity index (χ1) is 12.2. The molecule has 0 unspecified atom stereocenters. The van der Waals surface area contributed by atoms with E-state index in [0.717, 1.165) is 44.3 Å². The summed E-state index contributed by atoms with van der Waals surface area (Å²) in [4.78, 5) is 23.3. The van der Waals surface area contributed by atoms with Gasteiger partial charge in [0.15, 0.2) is 0 Å². The predicted octanol–water partition coefficient (Wildman–Crippen LogP) is 4.81. The van der Waals surface area contributed by atoms with Gasteiger partial charge in [-0.05, 0) is 19.3 Å². The lowest BCUT2D eigenvalue weighted by atomic mass is 10.0. The van der Waals surface area contributed by atoms with Crippen molar-refractivity contribution in [1.29, 1.82) is 0 Å². The molecule has 0 aromatic heterocycles. The third-order valence-corrected chi connectivity index (χ3v) is 6.95. The third kappa shape index (κ3) is 7.59. The number of ketones is 1. The van der Waals surface area contributed by atoms with Crippen LogP contribution in [0.4, 0.5) is 4.79 Å². The lowest BCUT2D eigenvalue weighted by Gasteiger charge is -2.16. The second-order valence-corrected chi connectivity index (χ2v) is 8.90. The minimum absolute atomic E-state index is 0.0131. The lowest BCUT2D eigenvalue weighted by Crippen LogP contribution is -2.36. The monoisotopic (exact) mass is 368 g/mol. The van der Waals surface area contributed by atoms with E-state index in [9.17, 15) is 9.59 Å². The predicted molar refractivity (Wildman–Crippen MR) is 106 cm³/mol. The highest BCUT2D eigenvalue weighted by Gasteiger charge is 2.42. The number of Topliss-reactive ketones (excluding diaryl/α,β-unsaturated/α-hetero) is 1. The summed E-state index contributed by atoms with van der Waals surface area (Å²) in [6.45, 7) is 2.25. The molecule has 0 aromatic carbocycles. The standard InChI is InChI=1S/C20H36N2O2S/c1-2-3-4-5-6-7-8-9-12-16(23)13-10-11-14-18-19-17(15-25-18)21-20(24)22-19/h17-19H,2-15H2,1H3,(H2,21,22,24)/t17-,18-,19-/m0/s1. The molecule has 0 aliphatic carbocycles. The average Bonchev–Trinajstić information content (AvgIpc) is 3.13. The molecule has 5 heteroatoms. The molecular weight excluding hydrogens is 332 g/mol. The Kier molecular flexibility index (Phi) is 9.74. The van der Waals surface area contributed by atoms with Crippen LogP contribution in [-0.4, -0.2) is 34.9 Å². The van der Waals surface area contributed by atoms with Gasteiger partial charge < -0.3 is 10.6 Å². The van der Waals surface area contributed by atoms with Crippen LogP contribution in [0.5, 0.6) is 0 Å². The Hall–Kier alpha value is -0.710. The Morgan fingerprint density at radius 1 is 0.960 bits per heavy atom. The molecular formula is C20H36N2O2S. The van der Waals surface area contributed by atoms with Crippen LogP contribution in [0, 0.1) is 0 Å². The Labute approximate surface area is 157 Å². The van der Waals surface area contributed by atoms with Crippen molar-refractivity contribution in [2.45, 2.75) is 108 Å². The molecule has 2 N–H and O–H groups in total. The molecule has 2 aliphatic rings. The molecule has 4 nitrogen and oxygen atoms in total. The summed E-state index contributed by atoms with van der Waals surface area (Å²) in [5.41, 5.74) is 0. The first kappa shape index (κ1) is 20.6. The maximum atomic E-state index is 12.0. The van der Waals surface area contributed by atoms with Crippen LogP contribution in [0.2, 0.25) is 0 Å². The fraction of sp³-hybridized carbons (Fsp3) is 0.900. The van der Waals surface area contributed by atoms with E-state index < -0.39 is 0 Å². The Morgan fingerprint density at radius 2 is 1.60 bits per heavy atom. The van der Waals surface area contributed by atoms with E-state index in [2.05, 4.69) is 17.6 Å². The van der Waals surface area contributed by atoms with Crippen LogP contribution in [0.25, 0.3) is 0 Å². The number of nitrogens with one attached hydrogen (secondary N) is 2. The van der Waals surface area contributed by atoms with Crippen LogP contribution in [0.15, 0.2) is 0 Å². The number of fused-ring (bicyclic) bond motifs is 1. The number of carbonyl (C=O) groups is 2. The molecule has 2 saturated heterocycles. The van der Waals surface area contributed by atoms with Crippen molar-refractivity contribution < 1.29 is 9.59 Å². The van der Waals surface area contributed by atoms with E-state index in [4.69, 9.17) is 0 Å². The number of carbonyl (C=O) groups excluding carboxylic acids is 2. The highest BCUT2D eigenvalue weighted by molar-refractivity contribution is 8.00. The van der Waals surface area contributed by atoms with Gasteiger partial charge in [-0.2, -0.15) is 11.8 Å². The molecule has 0 radical (unpaired) electrons. The summed E-state index contributed by atoms with van der Waals surface area (Å²) in [5.74, 6) is 1.46. The number of rotatable bonds is 14. The molecule has 3 atom stereocenters. The number of hydrogen-bond donors (Lipinski definition) is 2. The van der Waals surface area contributed by atoms with E-state index in [1.54, 1.807) is 0 Å². The highest BCUT2D eigenvalue weighted by Crippen LogP contribution is 2.33. The van der Waals surface area contributed by atoms with Gasteiger partial charge in [0.1, 0.15) is 5.78 Å². The maximum absolute atomic E-state index is 12.0. The second kappa shape index (κ2) is 11.8. The average molecular weight is 369 g/mol. The first-order valence-electron chi connectivity index (χ1n) is 10.4. The van der Waals surface area contributed by atoms with Crippen molar-refractivity contribution in [2.75, 3.05) is 5.75 Å². The van der Waals surface area contributed by atoms with Crippen molar-refractivity contribution in [1.82, 2.24) is 10.6 Å². The molecule has 0 spiro atoms. The summed E-state index contributed by atoms with van der Waals surface area (Å²) in [7, 11) is 0. The van der Waals surface area contributed by atoms with E-state index in [1.165, 1.54) is 44.9 Å². The van der Waals surface area contributed by atoms with Gasteiger partial charge in [-0.25, -0.2) is 4.79 Å². The van der Waals surface area contributed by atoms with Crippen molar-refractivity contribution >= 4 is 23.6 Å². The van der Waals surface area contributed by atoms with E-state index >= 15 is 0 Å². The van der Waals surface area contributed by atoms with Gasteiger partial charge in [-0.15, -0.1) is 0 Å². The number of hydrogen-bond acceptors (Lipinski definition) is 3. The van der Waals surface area contributed by atoms with Crippen molar-refractivity contribution in [3.8, 4) is 0 Å². The zero-order chi connectivity index (χ0) is 17.9. The van der Waals surface area contributed by atoms with Crippen LogP contribution in [-0.2, 0) is 4.79 Å². The Bertz CT molecular complexity index is 417. The normalized spacial score (nSPS) is 24.8. The van der Waals surface area contributed by atoms with Crippen molar-refractivity contribution in [3.05, 3.63) is 0 Å². The molecule has 144 valence electrons. The molecule has 2 amide bonds. The van der Waals surface area contributed by atoms with Gasteiger partial charge in [0.2, 0.25) is 0 Å². The van der Waals surface area contributed by atoms with Crippen LogP contribution in [0.1, 0.15) is 90.4 Å². The largest absolute Gasteiger partial charge is 0.332 e. The van der Waals surface area contributed by atoms with Gasteiger partial charge in [-0.1, -0.05) is 58.3 Å². The molecule has 2 heterocycles. The molecule has 0 bridgehead atoms. The minimum Gasteiger partial charge on any atom is -0.332 e. The molecule has 0 saturated carbocycles. The SMILES string of the molecule is CCCCCCCCCCC(=O)CCCC[C@@H]1SC[C@@H]2NC(=O)N[C@@H]21. The zero-order valence-electron chi connectivity index (χ0n) is 15.9. The summed E-state index contributed by atoms with van der Waals surface area (Å²) < 4.78 is 0. The van der Waals surface area contributed by atoms with E-state index in [1.807, 2.05) is 11.8 Å². The molecule has 25 heavy (non-hydrogen) atoms. The topological polar surface area (TPSA) is 58.2 Å². The lowest BCUT2D eigenvalue weighted by molar-refractivity contribution is -0.119. The Balaban J connectivity index is 1.41. The highest BCUT2D eigenvalue weighted by atomic mass is 32.2. The summed E-state index contributed by atoms with van der Waals surface area (Å²) in [6, 6.07) is 0.595. The van der Waals surface area contributed by atoms with Crippen molar-refractivity contribution in [3.63, 3.8) is 0 Å². The van der Waals surface area contributed by atoms with Crippen LogP contribution >= 0.6 is 11.8 Å². The Morgan fingerprint density at radius 3 is 2.32 bits per heavy atom. The quantitative estimate of drug-likeness (QED) is 0.342. The molecule has 2 aliphatic heterocycles. The van der Waals surface area contributed by atoms with Gasteiger partial charge >= 0.3 is 6.03 Å². The van der Waals surface area contributed by atoms with Crippen LogP contribution in [0.3, 0.4) is 0 Å². The smallest absolute Gasteiger partial charge is 0.315 e. The van der Waals surface area contributed by atoms with E-state index in [0.29, 0.717) is 23.1 Å². The van der Waals surface area contributed by atoms with Gasteiger partial charge in [0.25, 0.3) is 0 Å². The van der Waals surface area contributed by atoms with Crippen molar-refractivity contribution in [2.24, 2.45) is 0 Å². The fourth-order valence-corrected chi connectivity index (χ4v) is 5.44. The third-order valence-electron chi connectivity index (χ3n) is 5.44. The van der Waals surface area contributed by atoms with E-state index in [-0.39, 0.29) is 6.03 Å². The van der Waals surface area contributed by atoms with Gasteiger partial charge in [-0.3, -0.25) is 4.79 Å². The maximum Gasteiger partial charge on any atom is 0.315 e. The van der Waals surface area contributed by atoms with Gasteiger partial charge in [0, 0.05) is 23.8 Å². The number of amides is 2. The first-order valence-corrected chi connectivity index (χ1v) is 11.5. The molecule has 2 rings (SSSR count). The number of urea groups is 1. The number of thioether (sulfide) groups is 1. The fourth-order valence-electron chi connectivity index (χ4n) is 3.89. The zero-order valence-corrected chi connectivity index (χ0v) is 16.7. The molecule has 2 fully saturated rings. The minimum atomic E-state index is -0.0131. The summed E-state index contributed by atoms with van der Waals surface area (Å²) in [5, 5.41) is 6.53. The van der Waals surface area contributed by atoms with Gasteiger partial charge in [0.05, 0.1) is 12.1 Å². The molecule has 0 aromatic rings. The second-order valence-electron chi connectivity index (χ2n) is 7.63. The summed E-state index contributed by atoms with van der Waals surface area (Å²) in [6.07, 6.45) is 15.0. The number of unbranched alkanes of at least 4 members (excludes halogenated alkanes) is 8. The summed E-state index contributed by atoms with van der Waals surface area (Å²) >= 11 is 1.96. The van der Waals surface area contributed by atoms with Crippen LogP contribution < -0.4 is 10.6 Å².